The van der Waals surface area contributed by atoms with Crippen molar-refractivity contribution >= 4 is 10.0 Å². The fourth-order valence-electron chi connectivity index (χ4n) is 1.86. The first kappa shape index (κ1) is 15.1. The van der Waals surface area contributed by atoms with Crippen LogP contribution in [0.2, 0.25) is 0 Å². The lowest BCUT2D eigenvalue weighted by atomic mass is 10.2. The van der Waals surface area contributed by atoms with E-state index in [0.717, 1.165) is 24.1 Å². The zero-order valence-electron chi connectivity index (χ0n) is 11.5. The topological polar surface area (TPSA) is 49.4 Å². The standard InChI is InChI=1S/C13H22N2O2S/c1-11-8-12(2)10-13(9-11)18(16,17)15(4)7-5-6-14-3/h8-10,14H,5-7H2,1-4H3. The monoisotopic (exact) mass is 270 g/mol. The van der Waals surface area contributed by atoms with Gasteiger partial charge in [-0.15, -0.1) is 0 Å². The van der Waals surface area contributed by atoms with Crippen LogP contribution in [0.25, 0.3) is 0 Å². The average Bonchev–Trinajstić information content (AvgIpc) is 2.27. The van der Waals surface area contributed by atoms with Gasteiger partial charge in [0, 0.05) is 13.6 Å². The van der Waals surface area contributed by atoms with Gasteiger partial charge < -0.3 is 5.32 Å². The van der Waals surface area contributed by atoms with Gasteiger partial charge in [0.1, 0.15) is 0 Å². The van der Waals surface area contributed by atoms with E-state index in [1.54, 1.807) is 19.2 Å². The Morgan fingerprint density at radius 2 is 1.72 bits per heavy atom. The summed E-state index contributed by atoms with van der Waals surface area (Å²) >= 11 is 0. The van der Waals surface area contributed by atoms with E-state index in [9.17, 15) is 8.42 Å². The molecule has 0 atom stereocenters. The molecule has 0 aliphatic carbocycles. The van der Waals surface area contributed by atoms with E-state index in [4.69, 9.17) is 0 Å². The average molecular weight is 270 g/mol. The number of hydrogen-bond acceptors (Lipinski definition) is 3. The molecule has 0 saturated heterocycles. The molecule has 0 aromatic heterocycles. The highest BCUT2D eigenvalue weighted by Crippen LogP contribution is 2.18. The molecule has 1 rings (SSSR count). The SMILES string of the molecule is CNCCCN(C)S(=O)(=O)c1cc(C)cc(C)c1. The van der Waals surface area contributed by atoms with Crippen molar-refractivity contribution in [2.24, 2.45) is 0 Å². The van der Waals surface area contributed by atoms with Crippen molar-refractivity contribution < 1.29 is 8.42 Å². The summed E-state index contributed by atoms with van der Waals surface area (Å²) < 4.78 is 26.1. The third kappa shape index (κ3) is 3.80. The molecule has 0 unspecified atom stereocenters. The van der Waals surface area contributed by atoms with E-state index in [1.165, 1.54) is 4.31 Å². The molecule has 0 heterocycles. The lowest BCUT2D eigenvalue weighted by Gasteiger charge is -2.17. The van der Waals surface area contributed by atoms with Gasteiger partial charge in [0.2, 0.25) is 10.0 Å². The van der Waals surface area contributed by atoms with Crippen molar-refractivity contribution in [3.8, 4) is 0 Å². The summed E-state index contributed by atoms with van der Waals surface area (Å²) in [6, 6.07) is 5.41. The van der Waals surface area contributed by atoms with Gasteiger partial charge in [0.05, 0.1) is 4.90 Å². The van der Waals surface area contributed by atoms with Crippen LogP contribution in [0.3, 0.4) is 0 Å². The molecule has 1 aromatic rings. The first-order chi connectivity index (χ1) is 8.37. The first-order valence-corrected chi connectivity index (χ1v) is 7.51. The quantitative estimate of drug-likeness (QED) is 0.798. The first-order valence-electron chi connectivity index (χ1n) is 6.07. The van der Waals surface area contributed by atoms with Gasteiger partial charge in [-0.3, -0.25) is 0 Å². The minimum Gasteiger partial charge on any atom is -0.320 e. The Balaban J connectivity index is 2.91. The zero-order valence-corrected chi connectivity index (χ0v) is 12.3. The molecular weight excluding hydrogens is 248 g/mol. The van der Waals surface area contributed by atoms with Crippen molar-refractivity contribution in [1.82, 2.24) is 9.62 Å². The highest BCUT2D eigenvalue weighted by molar-refractivity contribution is 7.89. The van der Waals surface area contributed by atoms with E-state index >= 15 is 0 Å². The predicted molar refractivity (Wildman–Crippen MR) is 74.3 cm³/mol. The van der Waals surface area contributed by atoms with Crippen LogP contribution in [0.5, 0.6) is 0 Å². The molecule has 1 aromatic carbocycles. The van der Waals surface area contributed by atoms with E-state index in [-0.39, 0.29) is 0 Å². The second-order valence-electron chi connectivity index (χ2n) is 4.61. The zero-order chi connectivity index (χ0) is 13.8. The number of nitrogens with one attached hydrogen (secondary N) is 1. The fourth-order valence-corrected chi connectivity index (χ4v) is 3.26. The molecule has 102 valence electrons. The minimum absolute atomic E-state index is 0.381. The molecule has 0 radical (unpaired) electrons. The Hall–Kier alpha value is -0.910. The normalized spacial score (nSPS) is 12.1. The summed E-state index contributed by atoms with van der Waals surface area (Å²) in [6.07, 6.45) is 0.803. The molecule has 0 amide bonds. The number of rotatable bonds is 6. The van der Waals surface area contributed by atoms with Gasteiger partial charge in [-0.1, -0.05) is 6.07 Å². The minimum atomic E-state index is -3.36. The molecule has 0 spiro atoms. The van der Waals surface area contributed by atoms with Crippen LogP contribution >= 0.6 is 0 Å². The summed E-state index contributed by atoms with van der Waals surface area (Å²) in [5.41, 5.74) is 1.94. The molecule has 1 N–H and O–H groups in total. The van der Waals surface area contributed by atoms with Gasteiger partial charge in [0.25, 0.3) is 0 Å². The van der Waals surface area contributed by atoms with E-state index in [2.05, 4.69) is 5.32 Å². The van der Waals surface area contributed by atoms with Crippen molar-refractivity contribution in [3.63, 3.8) is 0 Å². The lowest BCUT2D eigenvalue weighted by molar-refractivity contribution is 0.458. The summed E-state index contributed by atoms with van der Waals surface area (Å²) in [4.78, 5) is 0.381. The largest absolute Gasteiger partial charge is 0.320 e. The Morgan fingerprint density at radius 3 is 2.22 bits per heavy atom. The van der Waals surface area contributed by atoms with E-state index in [0.29, 0.717) is 11.4 Å². The second kappa shape index (κ2) is 6.31. The summed E-state index contributed by atoms with van der Waals surface area (Å²) in [6.45, 7) is 5.16. The maximum atomic E-state index is 12.3. The molecule has 0 fully saturated rings. The summed E-state index contributed by atoms with van der Waals surface area (Å²) in [7, 11) is 0.128. The molecule has 18 heavy (non-hydrogen) atoms. The van der Waals surface area contributed by atoms with Crippen LogP contribution in [0.1, 0.15) is 17.5 Å². The third-order valence-corrected chi connectivity index (χ3v) is 4.64. The third-order valence-electron chi connectivity index (χ3n) is 2.80. The predicted octanol–water partition coefficient (Wildman–Crippen LogP) is 1.53. The fraction of sp³-hybridized carbons (Fsp3) is 0.538. The van der Waals surface area contributed by atoms with Gasteiger partial charge in [-0.05, 0) is 57.1 Å². The van der Waals surface area contributed by atoms with Crippen LogP contribution in [-0.4, -0.2) is 39.9 Å². The molecule has 0 aliphatic rings. The van der Waals surface area contributed by atoms with E-state index in [1.807, 2.05) is 27.0 Å². The molecule has 5 heteroatoms. The Morgan fingerprint density at radius 1 is 1.17 bits per heavy atom. The number of aryl methyl sites for hydroxylation is 2. The Kier molecular flexibility index (Phi) is 5.31. The number of sulfonamides is 1. The van der Waals surface area contributed by atoms with Gasteiger partial charge in [-0.2, -0.15) is 0 Å². The van der Waals surface area contributed by atoms with Crippen LogP contribution < -0.4 is 5.32 Å². The van der Waals surface area contributed by atoms with Crippen LogP contribution in [0.4, 0.5) is 0 Å². The molecule has 0 aliphatic heterocycles. The van der Waals surface area contributed by atoms with Crippen LogP contribution in [0.15, 0.2) is 23.1 Å². The summed E-state index contributed by atoms with van der Waals surface area (Å²) in [5.74, 6) is 0. The molecular formula is C13H22N2O2S. The van der Waals surface area contributed by atoms with Crippen LogP contribution in [0, 0.1) is 13.8 Å². The van der Waals surface area contributed by atoms with Gasteiger partial charge in [0.15, 0.2) is 0 Å². The second-order valence-corrected chi connectivity index (χ2v) is 6.65. The van der Waals surface area contributed by atoms with Crippen molar-refractivity contribution in [2.45, 2.75) is 25.2 Å². The highest BCUT2D eigenvalue weighted by Gasteiger charge is 2.20. The molecule has 0 saturated carbocycles. The van der Waals surface area contributed by atoms with Crippen molar-refractivity contribution in [2.75, 3.05) is 27.2 Å². The Labute approximate surface area is 110 Å². The smallest absolute Gasteiger partial charge is 0.242 e. The van der Waals surface area contributed by atoms with E-state index < -0.39 is 10.0 Å². The Bertz CT molecular complexity index is 477. The van der Waals surface area contributed by atoms with Gasteiger partial charge >= 0.3 is 0 Å². The van der Waals surface area contributed by atoms with Crippen LogP contribution in [-0.2, 0) is 10.0 Å². The lowest BCUT2D eigenvalue weighted by Crippen LogP contribution is -2.29. The van der Waals surface area contributed by atoms with Crippen molar-refractivity contribution in [3.05, 3.63) is 29.3 Å². The summed E-state index contributed by atoms with van der Waals surface area (Å²) in [5, 5.41) is 3.01. The highest BCUT2D eigenvalue weighted by atomic mass is 32.2. The number of benzene rings is 1. The molecule has 0 bridgehead atoms. The number of nitrogens with zero attached hydrogens (tertiary/aromatic N) is 1. The maximum Gasteiger partial charge on any atom is 0.242 e. The van der Waals surface area contributed by atoms with Gasteiger partial charge in [-0.25, -0.2) is 12.7 Å². The number of hydrogen-bond donors (Lipinski definition) is 1. The van der Waals surface area contributed by atoms with Crippen molar-refractivity contribution in [1.29, 1.82) is 0 Å². The molecule has 4 nitrogen and oxygen atoms in total. The maximum absolute atomic E-state index is 12.3.